The number of carboxylic acids is 2. The fraction of sp³-hybridized carbons (Fsp3) is 0.143. The minimum absolute atomic E-state index is 0.308. The number of rotatable bonds is 10. The van der Waals surface area contributed by atoms with Crippen molar-refractivity contribution in [3.63, 3.8) is 0 Å². The largest absolute Gasteiger partial charge is 0.496 e. The molecule has 0 unspecified atom stereocenters. The van der Waals surface area contributed by atoms with Gasteiger partial charge in [0.25, 0.3) is 0 Å². The molecule has 0 spiro atoms. The lowest BCUT2D eigenvalue weighted by Crippen LogP contribution is -1.99. The van der Waals surface area contributed by atoms with E-state index < -0.39 is 11.9 Å². The van der Waals surface area contributed by atoms with E-state index in [1.165, 1.54) is 50.7 Å². The molecule has 0 aromatic heterocycles. The minimum Gasteiger partial charge on any atom is -0.496 e. The van der Waals surface area contributed by atoms with Crippen LogP contribution >= 0.6 is 23.2 Å². The molecule has 0 bridgehead atoms. The number of allylic oxidation sites excluding steroid dienone is 6. The molecule has 10 heteroatoms. The zero-order valence-electron chi connectivity index (χ0n) is 21.0. The monoisotopic (exact) mass is 560 g/mol. The number of aliphatic carboxylic acids is 2. The van der Waals surface area contributed by atoms with E-state index in [9.17, 15) is 19.2 Å². The van der Waals surface area contributed by atoms with Crippen LogP contribution in [0.1, 0.15) is 34.6 Å². The fourth-order valence-electron chi connectivity index (χ4n) is 2.83. The Balaban J connectivity index is 0.000000380. The van der Waals surface area contributed by atoms with Gasteiger partial charge in [0, 0.05) is 22.2 Å². The molecule has 38 heavy (non-hydrogen) atoms. The molecule has 2 rings (SSSR count). The van der Waals surface area contributed by atoms with Crippen molar-refractivity contribution in [2.24, 2.45) is 0 Å². The molecule has 2 aromatic rings. The summed E-state index contributed by atoms with van der Waals surface area (Å²) in [6.45, 7) is 3.18. The molecule has 0 fully saturated rings. The summed E-state index contributed by atoms with van der Waals surface area (Å²) in [6, 6.07) is 9.45. The molecule has 0 heterocycles. The van der Waals surface area contributed by atoms with E-state index in [1.807, 2.05) is 0 Å². The Morgan fingerprint density at radius 2 is 1.00 bits per heavy atom. The topological polar surface area (TPSA) is 127 Å². The van der Waals surface area contributed by atoms with Gasteiger partial charge in [-0.3, -0.25) is 9.59 Å². The first-order chi connectivity index (χ1) is 17.9. The summed E-state index contributed by atoms with van der Waals surface area (Å²) in [5, 5.41) is 18.0. The van der Waals surface area contributed by atoms with Gasteiger partial charge in [-0.2, -0.15) is 0 Å². The summed E-state index contributed by atoms with van der Waals surface area (Å²) < 4.78 is 10.1. The van der Waals surface area contributed by atoms with Gasteiger partial charge in [0.2, 0.25) is 0 Å². The predicted octanol–water partition coefficient (Wildman–Crippen LogP) is 6.24. The van der Waals surface area contributed by atoms with E-state index in [0.717, 1.165) is 12.2 Å². The van der Waals surface area contributed by atoms with Crippen molar-refractivity contribution >= 4 is 46.7 Å². The van der Waals surface area contributed by atoms with E-state index >= 15 is 0 Å². The predicted molar refractivity (Wildman–Crippen MR) is 146 cm³/mol. The van der Waals surface area contributed by atoms with Crippen LogP contribution in [0.25, 0.3) is 0 Å². The maximum absolute atomic E-state index is 12.0. The molecule has 0 atom stereocenters. The molecule has 0 saturated carbocycles. The number of carbonyl (C=O) groups excluding carboxylic acids is 2. The first kappa shape index (κ1) is 31.9. The maximum atomic E-state index is 12.0. The van der Waals surface area contributed by atoms with Gasteiger partial charge in [-0.25, -0.2) is 9.59 Å². The lowest BCUT2D eigenvalue weighted by molar-refractivity contribution is -0.132. The third kappa shape index (κ3) is 11.3. The van der Waals surface area contributed by atoms with E-state index in [1.54, 1.807) is 38.1 Å². The van der Waals surface area contributed by atoms with Gasteiger partial charge in [0.1, 0.15) is 11.5 Å². The Bertz CT molecular complexity index is 1220. The summed E-state index contributed by atoms with van der Waals surface area (Å²) in [5.74, 6) is -1.90. The van der Waals surface area contributed by atoms with Gasteiger partial charge in [-0.15, -0.1) is 0 Å². The average Bonchev–Trinajstić information content (AvgIpc) is 2.85. The lowest BCUT2D eigenvalue weighted by atomic mass is 10.1. The molecular weight excluding hydrogens is 535 g/mol. The number of ether oxygens (including phenoxy) is 2. The molecule has 0 aliphatic heterocycles. The number of benzene rings is 2. The number of hydrogen-bond acceptors (Lipinski definition) is 6. The molecular formula is C28H26Cl2O8. The lowest BCUT2D eigenvalue weighted by Gasteiger charge is -2.05. The number of methoxy groups -OCH3 is 2. The van der Waals surface area contributed by atoms with E-state index in [-0.39, 0.29) is 11.6 Å². The summed E-state index contributed by atoms with van der Waals surface area (Å²) in [4.78, 5) is 44.8. The summed E-state index contributed by atoms with van der Waals surface area (Å²) >= 11 is 11.7. The highest BCUT2D eigenvalue weighted by molar-refractivity contribution is 6.31. The summed E-state index contributed by atoms with van der Waals surface area (Å²) in [6.07, 6.45) is 7.44. The molecule has 0 saturated heterocycles. The zero-order valence-corrected chi connectivity index (χ0v) is 22.5. The number of carbonyl (C=O) groups is 4. The second-order valence-electron chi connectivity index (χ2n) is 7.54. The molecule has 0 amide bonds. The summed E-state index contributed by atoms with van der Waals surface area (Å²) in [5.41, 5.74) is 1.58. The van der Waals surface area contributed by atoms with Gasteiger partial charge in [-0.1, -0.05) is 35.4 Å². The first-order valence-electron chi connectivity index (χ1n) is 10.8. The molecule has 0 aliphatic rings. The molecule has 8 nitrogen and oxygen atoms in total. The second kappa shape index (κ2) is 15.9. The van der Waals surface area contributed by atoms with Crippen LogP contribution in [0.5, 0.6) is 11.5 Å². The van der Waals surface area contributed by atoms with Crippen molar-refractivity contribution in [1.29, 1.82) is 0 Å². The number of halogens is 2. The first-order valence-corrected chi connectivity index (χ1v) is 11.6. The van der Waals surface area contributed by atoms with Gasteiger partial charge in [0.05, 0.1) is 25.3 Å². The molecule has 0 radical (unpaired) electrons. The van der Waals surface area contributed by atoms with Crippen LogP contribution in [0.15, 0.2) is 84.0 Å². The molecule has 200 valence electrons. The Morgan fingerprint density at radius 3 is 1.29 bits per heavy atom. The van der Waals surface area contributed by atoms with Gasteiger partial charge in [-0.05, 0) is 73.5 Å². The zero-order chi connectivity index (χ0) is 28.8. The van der Waals surface area contributed by atoms with Gasteiger partial charge < -0.3 is 19.7 Å². The van der Waals surface area contributed by atoms with Crippen molar-refractivity contribution in [3.8, 4) is 11.5 Å². The Hall–Kier alpha value is -4.14. The highest BCUT2D eigenvalue weighted by Crippen LogP contribution is 2.24. The molecule has 0 aliphatic carbocycles. The van der Waals surface area contributed by atoms with Crippen molar-refractivity contribution < 1.29 is 38.9 Å². The third-order valence-corrected chi connectivity index (χ3v) is 5.02. The normalized spacial score (nSPS) is 11.6. The van der Waals surface area contributed by atoms with Gasteiger partial charge in [0.15, 0.2) is 11.6 Å². The number of carboxylic acid groups (broad SMARTS) is 2. The van der Waals surface area contributed by atoms with E-state index in [4.69, 9.17) is 42.9 Å². The SMILES string of the molecule is COc1ccc(Cl)cc1C(=O)/C=C/C(C)=C/C(=O)O.COc1ccc(Cl)cc1C(=O)/C=C/C(C)=C/C(=O)O. The van der Waals surface area contributed by atoms with Gasteiger partial charge >= 0.3 is 11.9 Å². The standard InChI is InChI=1S/2C14H13ClO4/c2*1-9(7-14(17)18)3-5-12(16)11-8-10(15)4-6-13(11)19-2/h2*3-8H,1-2H3,(H,17,18)/b2*5-3+,9-7+. The van der Waals surface area contributed by atoms with Crippen LogP contribution in [0.2, 0.25) is 10.0 Å². The quantitative estimate of drug-likeness (QED) is 0.198. The van der Waals surface area contributed by atoms with Crippen molar-refractivity contribution in [3.05, 3.63) is 105 Å². The van der Waals surface area contributed by atoms with Crippen molar-refractivity contribution in [2.75, 3.05) is 14.2 Å². The van der Waals surface area contributed by atoms with Crippen LogP contribution in [0.4, 0.5) is 0 Å². The Kier molecular flexibility index (Phi) is 13.3. The second-order valence-corrected chi connectivity index (χ2v) is 8.41. The smallest absolute Gasteiger partial charge is 0.328 e. The Morgan fingerprint density at radius 1 is 0.658 bits per heavy atom. The van der Waals surface area contributed by atoms with Crippen LogP contribution in [0, 0.1) is 0 Å². The van der Waals surface area contributed by atoms with Crippen molar-refractivity contribution in [2.45, 2.75) is 13.8 Å². The maximum Gasteiger partial charge on any atom is 0.328 e. The number of ketones is 2. The number of hydrogen-bond donors (Lipinski definition) is 2. The fourth-order valence-corrected chi connectivity index (χ4v) is 3.17. The van der Waals surface area contributed by atoms with Crippen molar-refractivity contribution in [1.82, 2.24) is 0 Å². The van der Waals surface area contributed by atoms with Crippen LogP contribution < -0.4 is 9.47 Å². The highest BCUT2D eigenvalue weighted by atomic mass is 35.5. The minimum atomic E-state index is -1.06. The molecule has 2 aromatic carbocycles. The molecule has 2 N–H and O–H groups in total. The highest BCUT2D eigenvalue weighted by Gasteiger charge is 2.11. The van der Waals surface area contributed by atoms with Crippen LogP contribution in [-0.4, -0.2) is 47.9 Å². The van der Waals surface area contributed by atoms with E-state index in [2.05, 4.69) is 0 Å². The van der Waals surface area contributed by atoms with Crippen LogP contribution in [-0.2, 0) is 9.59 Å². The average molecular weight is 561 g/mol. The van der Waals surface area contributed by atoms with E-state index in [0.29, 0.717) is 43.8 Å². The van der Waals surface area contributed by atoms with Crippen LogP contribution in [0.3, 0.4) is 0 Å². The summed E-state index contributed by atoms with van der Waals surface area (Å²) in [7, 11) is 2.92. The third-order valence-electron chi connectivity index (χ3n) is 4.55. The Labute approximate surface area is 230 Å².